The molecule has 33 heavy (non-hydrogen) atoms. The molecule has 1 aromatic carbocycles. The summed E-state index contributed by atoms with van der Waals surface area (Å²) in [6, 6.07) is 8.74. The first kappa shape index (κ1) is 23.5. The van der Waals surface area contributed by atoms with Crippen molar-refractivity contribution in [2.24, 2.45) is 0 Å². The molecular weight excluding hydrogens is 442 g/mol. The van der Waals surface area contributed by atoms with Crippen LogP contribution < -0.4 is 4.74 Å². The molecule has 2 aromatic heterocycles. The summed E-state index contributed by atoms with van der Waals surface area (Å²) in [5, 5.41) is 11.0. The first-order chi connectivity index (χ1) is 16.0. The first-order valence-electron chi connectivity index (χ1n) is 11.4. The molecule has 176 valence electrons. The quantitative estimate of drug-likeness (QED) is 0.462. The van der Waals surface area contributed by atoms with E-state index in [-0.39, 0.29) is 11.8 Å². The molecular formula is C25H30ClN3O4. The molecule has 3 heterocycles. The van der Waals surface area contributed by atoms with Gasteiger partial charge >= 0.3 is 5.97 Å². The highest BCUT2D eigenvalue weighted by Gasteiger charge is 2.25. The molecule has 0 aliphatic carbocycles. The highest BCUT2D eigenvalue weighted by atomic mass is 35.5. The van der Waals surface area contributed by atoms with Gasteiger partial charge in [-0.15, -0.1) is 0 Å². The van der Waals surface area contributed by atoms with Crippen molar-refractivity contribution in [1.29, 1.82) is 0 Å². The van der Waals surface area contributed by atoms with Crippen LogP contribution in [-0.4, -0.2) is 58.4 Å². The molecule has 1 unspecified atom stereocenters. The molecule has 7 nitrogen and oxygen atoms in total. The van der Waals surface area contributed by atoms with E-state index in [1.165, 1.54) is 17.0 Å². The van der Waals surface area contributed by atoms with Gasteiger partial charge < -0.3 is 19.1 Å². The van der Waals surface area contributed by atoms with Crippen molar-refractivity contribution in [3.8, 4) is 5.75 Å². The van der Waals surface area contributed by atoms with Crippen LogP contribution >= 0.6 is 11.6 Å². The first-order valence-corrected chi connectivity index (χ1v) is 11.8. The van der Waals surface area contributed by atoms with Crippen LogP contribution in [0.3, 0.4) is 0 Å². The molecule has 0 amide bonds. The van der Waals surface area contributed by atoms with E-state index in [9.17, 15) is 9.90 Å². The van der Waals surface area contributed by atoms with Gasteiger partial charge in [-0.25, -0.2) is 9.78 Å². The number of hydrogen-bond donors (Lipinski definition) is 1. The maximum absolute atomic E-state index is 11.4. The van der Waals surface area contributed by atoms with Crippen LogP contribution in [0, 0.1) is 0 Å². The molecule has 1 atom stereocenters. The monoisotopic (exact) mass is 471 g/mol. The average Bonchev–Trinajstić information content (AvgIpc) is 3.19. The zero-order chi connectivity index (χ0) is 23.4. The fourth-order valence-electron chi connectivity index (χ4n) is 4.58. The van der Waals surface area contributed by atoms with E-state index in [2.05, 4.69) is 33.6 Å². The second-order valence-electron chi connectivity index (χ2n) is 8.33. The van der Waals surface area contributed by atoms with Crippen molar-refractivity contribution in [3.05, 3.63) is 58.9 Å². The summed E-state index contributed by atoms with van der Waals surface area (Å²) in [5.41, 5.74) is 2.44. The third-order valence-corrected chi connectivity index (χ3v) is 6.52. The number of pyridine rings is 1. The number of fused-ring (bicyclic) bond motifs is 1. The topological polar surface area (TPSA) is 76.8 Å². The molecule has 1 N–H and O–H groups in total. The number of benzene rings is 1. The number of rotatable bonds is 9. The standard InChI is InChI=1S/C25H30ClN3O4/c1-3-32-17(2)29-16-22(20-5-4-10-27-24(20)29)18-8-11-28(12-9-18)13-14-33-23-15-19(26)6-7-21(23)25(30)31/h4-7,10,15-18H,3,8-9,11-14H2,1-2H3,(H,30,31). The smallest absolute Gasteiger partial charge is 0.339 e. The van der Waals surface area contributed by atoms with Crippen molar-refractivity contribution in [2.45, 2.75) is 38.8 Å². The molecule has 0 radical (unpaired) electrons. The van der Waals surface area contributed by atoms with E-state index in [0.717, 1.165) is 38.1 Å². The van der Waals surface area contributed by atoms with Gasteiger partial charge in [0.1, 0.15) is 29.8 Å². The van der Waals surface area contributed by atoms with Crippen LogP contribution in [-0.2, 0) is 4.74 Å². The minimum atomic E-state index is -1.02. The van der Waals surface area contributed by atoms with Crippen LogP contribution in [0.2, 0.25) is 5.02 Å². The molecule has 1 aliphatic heterocycles. The van der Waals surface area contributed by atoms with Gasteiger partial charge in [-0.1, -0.05) is 11.6 Å². The lowest BCUT2D eigenvalue weighted by Gasteiger charge is -2.31. The normalized spacial score (nSPS) is 16.2. The molecule has 0 spiro atoms. The molecule has 8 heteroatoms. The van der Waals surface area contributed by atoms with Gasteiger partial charge in [0.15, 0.2) is 0 Å². The maximum Gasteiger partial charge on any atom is 0.339 e. The Bertz CT molecular complexity index is 1110. The average molecular weight is 472 g/mol. The SMILES string of the molecule is CCOC(C)n1cc(C2CCN(CCOc3cc(Cl)ccc3C(=O)O)CC2)c2cccnc21. The molecule has 1 saturated heterocycles. The molecule has 3 aromatic rings. The summed E-state index contributed by atoms with van der Waals surface area (Å²) in [6.45, 7) is 7.80. The fourth-order valence-corrected chi connectivity index (χ4v) is 4.74. The Morgan fingerprint density at radius 1 is 1.30 bits per heavy atom. The van der Waals surface area contributed by atoms with E-state index in [4.69, 9.17) is 21.1 Å². The Morgan fingerprint density at radius 2 is 2.09 bits per heavy atom. The summed E-state index contributed by atoms with van der Waals surface area (Å²) < 4.78 is 13.7. The van der Waals surface area contributed by atoms with Crippen molar-refractivity contribution in [1.82, 2.24) is 14.5 Å². The lowest BCUT2D eigenvalue weighted by molar-refractivity contribution is 0.0275. The van der Waals surface area contributed by atoms with Gasteiger partial charge in [0.2, 0.25) is 0 Å². The van der Waals surface area contributed by atoms with Gasteiger partial charge in [0, 0.05) is 36.0 Å². The number of aromatic nitrogens is 2. The van der Waals surface area contributed by atoms with Crippen molar-refractivity contribution in [3.63, 3.8) is 0 Å². The van der Waals surface area contributed by atoms with Crippen LogP contribution in [0.5, 0.6) is 5.75 Å². The Kier molecular flexibility index (Phi) is 7.53. The summed E-state index contributed by atoms with van der Waals surface area (Å²) in [7, 11) is 0. The summed E-state index contributed by atoms with van der Waals surface area (Å²) in [4.78, 5) is 18.4. The van der Waals surface area contributed by atoms with Crippen molar-refractivity contribution >= 4 is 28.6 Å². The number of carboxylic acids is 1. The Balaban J connectivity index is 1.37. The third kappa shape index (κ3) is 5.32. The lowest BCUT2D eigenvalue weighted by atomic mass is 9.89. The molecule has 4 rings (SSSR count). The fraction of sp³-hybridized carbons (Fsp3) is 0.440. The number of carbonyl (C=O) groups is 1. The van der Waals surface area contributed by atoms with Gasteiger partial charge in [-0.05, 0) is 81.6 Å². The number of carboxylic acid groups (broad SMARTS) is 1. The van der Waals surface area contributed by atoms with Crippen molar-refractivity contribution < 1.29 is 19.4 Å². The van der Waals surface area contributed by atoms with Crippen molar-refractivity contribution in [2.75, 3.05) is 32.8 Å². The Morgan fingerprint density at radius 3 is 2.82 bits per heavy atom. The van der Waals surface area contributed by atoms with E-state index >= 15 is 0 Å². The summed E-state index contributed by atoms with van der Waals surface area (Å²) in [5.74, 6) is -0.237. The van der Waals surface area contributed by atoms with Crippen LogP contribution in [0.25, 0.3) is 11.0 Å². The van der Waals surface area contributed by atoms with E-state index in [1.807, 2.05) is 19.2 Å². The molecule has 0 saturated carbocycles. The Hall–Kier alpha value is -2.61. The number of ether oxygens (including phenoxy) is 2. The number of halogens is 1. The van der Waals surface area contributed by atoms with Crippen LogP contribution in [0.4, 0.5) is 0 Å². The van der Waals surface area contributed by atoms with Crippen LogP contribution in [0.15, 0.2) is 42.7 Å². The largest absolute Gasteiger partial charge is 0.491 e. The minimum Gasteiger partial charge on any atom is -0.491 e. The number of hydrogen-bond acceptors (Lipinski definition) is 5. The number of piperidine rings is 1. The maximum atomic E-state index is 11.4. The highest BCUT2D eigenvalue weighted by molar-refractivity contribution is 6.30. The summed E-state index contributed by atoms with van der Waals surface area (Å²) in [6.07, 6.45) is 6.09. The van der Waals surface area contributed by atoms with E-state index in [0.29, 0.717) is 29.9 Å². The van der Waals surface area contributed by atoms with Gasteiger partial charge in [-0.3, -0.25) is 4.90 Å². The Labute approximate surface area is 198 Å². The van der Waals surface area contributed by atoms with E-state index in [1.54, 1.807) is 12.1 Å². The molecule has 0 bridgehead atoms. The predicted octanol–water partition coefficient (Wildman–Crippen LogP) is 5.20. The minimum absolute atomic E-state index is 0.0550. The van der Waals surface area contributed by atoms with Crippen LogP contribution in [0.1, 0.15) is 54.8 Å². The molecule has 1 fully saturated rings. The second-order valence-corrected chi connectivity index (χ2v) is 8.77. The highest BCUT2D eigenvalue weighted by Crippen LogP contribution is 2.35. The van der Waals surface area contributed by atoms with Gasteiger partial charge in [0.05, 0.1) is 0 Å². The zero-order valence-electron chi connectivity index (χ0n) is 19.0. The molecule has 1 aliphatic rings. The predicted molar refractivity (Wildman–Crippen MR) is 128 cm³/mol. The summed E-state index contributed by atoms with van der Waals surface area (Å²) >= 11 is 6.01. The number of nitrogens with zero attached hydrogens (tertiary/aromatic N) is 3. The van der Waals surface area contributed by atoms with Gasteiger partial charge in [-0.2, -0.15) is 0 Å². The lowest BCUT2D eigenvalue weighted by Crippen LogP contribution is -2.35. The number of aromatic carboxylic acids is 1. The van der Waals surface area contributed by atoms with Gasteiger partial charge in [0.25, 0.3) is 0 Å². The second kappa shape index (κ2) is 10.5. The number of likely N-dealkylation sites (tertiary alicyclic amines) is 1. The van der Waals surface area contributed by atoms with E-state index < -0.39 is 5.97 Å². The zero-order valence-corrected chi connectivity index (χ0v) is 19.8. The third-order valence-electron chi connectivity index (χ3n) is 6.29.